The van der Waals surface area contributed by atoms with Gasteiger partial charge in [-0.2, -0.15) is 0 Å². The molecule has 5 nitrogen and oxygen atoms in total. The van der Waals surface area contributed by atoms with E-state index in [9.17, 15) is 4.79 Å². The summed E-state index contributed by atoms with van der Waals surface area (Å²) in [6, 6.07) is 16.6. The molecule has 0 aromatic heterocycles. The maximum absolute atomic E-state index is 12.1. The zero-order valence-corrected chi connectivity index (χ0v) is 18.2. The minimum absolute atomic E-state index is 0.0293. The minimum atomic E-state index is 0.0293. The molecule has 0 aliphatic rings. The standard InChI is InChI=1S/C24H34N4O/c1-5-19-10-12-20(13-11-19)14-16-26-24(25-6-2)27-17-15-21-8-7-9-22(18-21)23(29)28(3)4/h7-13,18H,5-6,14-17H2,1-4H3,(H2,25,26,27). The van der Waals surface area contributed by atoms with Crippen LogP contribution in [0, 0.1) is 0 Å². The summed E-state index contributed by atoms with van der Waals surface area (Å²) in [6.45, 7) is 6.56. The highest BCUT2D eigenvalue weighted by Gasteiger charge is 2.08. The number of carbonyl (C=O) groups excluding carboxylic acids is 1. The molecule has 0 fully saturated rings. The number of aliphatic imine (C=N–C) groups is 1. The van der Waals surface area contributed by atoms with E-state index < -0.39 is 0 Å². The van der Waals surface area contributed by atoms with E-state index in [1.165, 1.54) is 11.1 Å². The van der Waals surface area contributed by atoms with Crippen LogP contribution in [0.5, 0.6) is 0 Å². The second-order valence-corrected chi connectivity index (χ2v) is 7.26. The molecule has 5 heteroatoms. The largest absolute Gasteiger partial charge is 0.357 e. The molecule has 0 aliphatic heterocycles. The Bertz CT molecular complexity index is 797. The highest BCUT2D eigenvalue weighted by Crippen LogP contribution is 2.08. The molecule has 0 bridgehead atoms. The number of guanidine groups is 1. The van der Waals surface area contributed by atoms with Gasteiger partial charge in [-0.1, -0.05) is 43.3 Å². The van der Waals surface area contributed by atoms with Crippen molar-refractivity contribution in [3.63, 3.8) is 0 Å². The van der Waals surface area contributed by atoms with Crippen LogP contribution in [0.4, 0.5) is 0 Å². The van der Waals surface area contributed by atoms with Gasteiger partial charge in [0.05, 0.1) is 0 Å². The fourth-order valence-corrected chi connectivity index (χ4v) is 3.02. The first-order valence-corrected chi connectivity index (χ1v) is 10.4. The number of amides is 1. The predicted octanol–water partition coefficient (Wildman–Crippen LogP) is 3.29. The summed E-state index contributed by atoms with van der Waals surface area (Å²) in [5.74, 6) is 0.861. The lowest BCUT2D eigenvalue weighted by Crippen LogP contribution is -2.38. The third kappa shape index (κ3) is 7.60. The molecule has 0 aliphatic carbocycles. The van der Waals surface area contributed by atoms with Crippen LogP contribution in [0.2, 0.25) is 0 Å². The number of carbonyl (C=O) groups is 1. The summed E-state index contributed by atoms with van der Waals surface area (Å²) in [6.07, 6.45) is 2.83. The molecule has 2 aromatic carbocycles. The molecule has 0 saturated heterocycles. The summed E-state index contributed by atoms with van der Waals surface area (Å²) in [4.78, 5) is 18.4. The van der Waals surface area contributed by atoms with E-state index in [0.717, 1.165) is 56.0 Å². The van der Waals surface area contributed by atoms with Gasteiger partial charge in [-0.05, 0) is 55.0 Å². The Kier molecular flexibility index (Phi) is 9.22. The maximum Gasteiger partial charge on any atom is 0.253 e. The van der Waals surface area contributed by atoms with Crippen molar-refractivity contribution in [2.45, 2.75) is 33.1 Å². The Morgan fingerprint density at radius 3 is 2.31 bits per heavy atom. The fourth-order valence-electron chi connectivity index (χ4n) is 3.02. The highest BCUT2D eigenvalue weighted by molar-refractivity contribution is 5.94. The van der Waals surface area contributed by atoms with Crippen LogP contribution in [0.25, 0.3) is 0 Å². The fraction of sp³-hybridized carbons (Fsp3) is 0.417. The second-order valence-electron chi connectivity index (χ2n) is 7.26. The quantitative estimate of drug-likeness (QED) is 0.507. The van der Waals surface area contributed by atoms with Gasteiger partial charge in [0.1, 0.15) is 0 Å². The minimum Gasteiger partial charge on any atom is -0.357 e. The van der Waals surface area contributed by atoms with E-state index in [2.05, 4.69) is 59.8 Å². The zero-order valence-electron chi connectivity index (χ0n) is 18.2. The summed E-state index contributed by atoms with van der Waals surface area (Å²) < 4.78 is 0. The van der Waals surface area contributed by atoms with Crippen molar-refractivity contribution in [1.82, 2.24) is 15.5 Å². The smallest absolute Gasteiger partial charge is 0.253 e. The van der Waals surface area contributed by atoms with Crippen LogP contribution in [-0.2, 0) is 19.3 Å². The molecule has 0 heterocycles. The molecule has 0 radical (unpaired) electrons. The van der Waals surface area contributed by atoms with Gasteiger partial charge < -0.3 is 15.5 Å². The van der Waals surface area contributed by atoms with Crippen molar-refractivity contribution in [1.29, 1.82) is 0 Å². The van der Waals surface area contributed by atoms with Crippen LogP contribution < -0.4 is 10.6 Å². The Balaban J connectivity index is 1.86. The molecule has 0 saturated carbocycles. The monoisotopic (exact) mass is 394 g/mol. The number of benzene rings is 2. The van der Waals surface area contributed by atoms with Crippen LogP contribution in [0.1, 0.15) is 40.9 Å². The average molecular weight is 395 g/mol. The lowest BCUT2D eigenvalue weighted by Gasteiger charge is -2.13. The van der Waals surface area contributed by atoms with Crippen LogP contribution in [-0.4, -0.2) is 50.5 Å². The van der Waals surface area contributed by atoms with E-state index in [-0.39, 0.29) is 5.91 Å². The Morgan fingerprint density at radius 1 is 0.931 bits per heavy atom. The van der Waals surface area contributed by atoms with Gasteiger partial charge in [0.15, 0.2) is 5.96 Å². The van der Waals surface area contributed by atoms with Crippen molar-refractivity contribution >= 4 is 11.9 Å². The van der Waals surface area contributed by atoms with Gasteiger partial charge >= 0.3 is 0 Å². The molecular weight excluding hydrogens is 360 g/mol. The van der Waals surface area contributed by atoms with E-state index in [1.807, 2.05) is 18.2 Å². The van der Waals surface area contributed by atoms with Gasteiger partial charge in [-0.25, -0.2) is 0 Å². The molecule has 0 unspecified atom stereocenters. The normalized spacial score (nSPS) is 11.2. The Labute approximate surface area is 175 Å². The number of aryl methyl sites for hydroxylation is 1. The lowest BCUT2D eigenvalue weighted by molar-refractivity contribution is 0.0827. The van der Waals surface area contributed by atoms with Crippen molar-refractivity contribution in [3.8, 4) is 0 Å². The second kappa shape index (κ2) is 11.9. The lowest BCUT2D eigenvalue weighted by atomic mass is 10.1. The first-order chi connectivity index (χ1) is 14.0. The van der Waals surface area contributed by atoms with Gasteiger partial charge in [-0.3, -0.25) is 9.79 Å². The van der Waals surface area contributed by atoms with Crippen molar-refractivity contribution in [2.75, 3.05) is 33.7 Å². The molecular formula is C24H34N4O. The number of nitrogens with zero attached hydrogens (tertiary/aromatic N) is 2. The SMILES string of the molecule is CCNC(=NCCc1ccc(CC)cc1)NCCc1cccc(C(=O)N(C)C)c1. The van der Waals surface area contributed by atoms with Gasteiger partial charge in [-0.15, -0.1) is 0 Å². The van der Waals surface area contributed by atoms with Gasteiger partial charge in [0.25, 0.3) is 5.91 Å². The van der Waals surface area contributed by atoms with Crippen LogP contribution in [0.3, 0.4) is 0 Å². The first kappa shape index (κ1) is 22.5. The van der Waals surface area contributed by atoms with E-state index in [4.69, 9.17) is 0 Å². The Hall–Kier alpha value is -2.82. The highest BCUT2D eigenvalue weighted by atomic mass is 16.2. The summed E-state index contributed by atoms with van der Waals surface area (Å²) in [5.41, 5.74) is 4.53. The molecule has 156 valence electrons. The topological polar surface area (TPSA) is 56.7 Å². The number of rotatable bonds is 9. The number of hydrogen-bond donors (Lipinski definition) is 2. The van der Waals surface area contributed by atoms with Crippen molar-refractivity contribution in [2.24, 2.45) is 4.99 Å². The van der Waals surface area contributed by atoms with Crippen molar-refractivity contribution < 1.29 is 4.79 Å². The van der Waals surface area contributed by atoms with Crippen molar-refractivity contribution in [3.05, 3.63) is 70.8 Å². The third-order valence-corrected chi connectivity index (χ3v) is 4.73. The van der Waals surface area contributed by atoms with Crippen LogP contribution in [0.15, 0.2) is 53.5 Å². The first-order valence-electron chi connectivity index (χ1n) is 10.4. The van der Waals surface area contributed by atoms with Crippen LogP contribution >= 0.6 is 0 Å². The molecule has 0 atom stereocenters. The van der Waals surface area contributed by atoms with Gasteiger partial charge in [0.2, 0.25) is 0 Å². The molecule has 0 spiro atoms. The third-order valence-electron chi connectivity index (χ3n) is 4.73. The van der Waals surface area contributed by atoms with E-state index in [0.29, 0.717) is 0 Å². The summed E-state index contributed by atoms with van der Waals surface area (Å²) in [5, 5.41) is 6.68. The average Bonchev–Trinajstić information content (AvgIpc) is 2.74. The zero-order chi connectivity index (χ0) is 21.1. The molecule has 29 heavy (non-hydrogen) atoms. The summed E-state index contributed by atoms with van der Waals surface area (Å²) in [7, 11) is 3.54. The Morgan fingerprint density at radius 2 is 1.66 bits per heavy atom. The maximum atomic E-state index is 12.1. The molecule has 2 rings (SSSR count). The molecule has 2 N–H and O–H groups in total. The molecule has 2 aromatic rings. The molecule has 1 amide bonds. The predicted molar refractivity (Wildman–Crippen MR) is 122 cm³/mol. The number of hydrogen-bond acceptors (Lipinski definition) is 2. The number of nitrogens with one attached hydrogen (secondary N) is 2. The summed E-state index contributed by atoms with van der Waals surface area (Å²) >= 11 is 0. The van der Waals surface area contributed by atoms with Gasteiger partial charge in [0, 0.05) is 39.3 Å². The van der Waals surface area contributed by atoms with E-state index in [1.54, 1.807) is 19.0 Å². The van der Waals surface area contributed by atoms with E-state index >= 15 is 0 Å².